The van der Waals surface area contributed by atoms with E-state index in [2.05, 4.69) is 12.3 Å². The second kappa shape index (κ2) is 7.05. The van der Waals surface area contributed by atoms with E-state index in [0.29, 0.717) is 22.9 Å². The highest BCUT2D eigenvalue weighted by Gasteiger charge is 2.41. The van der Waals surface area contributed by atoms with Gasteiger partial charge in [-0.1, -0.05) is 24.6 Å². The van der Waals surface area contributed by atoms with E-state index < -0.39 is 0 Å². The molecule has 5 heteroatoms. The lowest BCUT2D eigenvalue weighted by Crippen LogP contribution is -2.57. The summed E-state index contributed by atoms with van der Waals surface area (Å²) in [7, 11) is 1.71. The lowest BCUT2D eigenvalue weighted by Gasteiger charge is -2.44. The van der Waals surface area contributed by atoms with Crippen LogP contribution in [-0.2, 0) is 11.2 Å². The second-order valence-corrected chi connectivity index (χ2v) is 6.48. The summed E-state index contributed by atoms with van der Waals surface area (Å²) in [6.45, 7) is 2.25. The highest BCUT2D eigenvalue weighted by molar-refractivity contribution is 6.31. The molecule has 1 unspecified atom stereocenters. The summed E-state index contributed by atoms with van der Waals surface area (Å²) >= 11 is 6.13. The molecule has 3 N–H and O–H groups in total. The number of nitrogens with two attached hydrogens (primary N) is 1. The third-order valence-corrected chi connectivity index (χ3v) is 5.19. The fraction of sp³-hybridized carbons (Fsp3) is 0.625. The molecule has 2 rings (SSSR count). The molecule has 118 valence electrons. The minimum absolute atomic E-state index is 0.163. The number of ether oxygens (including phenoxy) is 1. The zero-order valence-corrected chi connectivity index (χ0v) is 13.4. The Balaban J connectivity index is 2.22. The molecule has 1 atom stereocenters. The number of methoxy groups -OCH3 is 1. The summed E-state index contributed by atoms with van der Waals surface area (Å²) < 4.78 is 19.8. The fourth-order valence-corrected chi connectivity index (χ4v) is 3.51. The van der Waals surface area contributed by atoms with Crippen molar-refractivity contribution in [3.63, 3.8) is 0 Å². The van der Waals surface area contributed by atoms with Crippen molar-refractivity contribution in [1.82, 2.24) is 5.43 Å². The predicted molar refractivity (Wildman–Crippen MR) is 83.6 cm³/mol. The summed E-state index contributed by atoms with van der Waals surface area (Å²) in [6, 6.07) is 4.58. The monoisotopic (exact) mass is 314 g/mol. The van der Waals surface area contributed by atoms with E-state index >= 15 is 0 Å². The lowest BCUT2D eigenvalue weighted by atomic mass is 9.74. The van der Waals surface area contributed by atoms with Crippen LogP contribution in [0.5, 0.6) is 0 Å². The third-order valence-electron chi connectivity index (χ3n) is 4.83. The molecule has 3 nitrogen and oxygen atoms in total. The van der Waals surface area contributed by atoms with Gasteiger partial charge in [0, 0.05) is 17.7 Å². The maximum atomic E-state index is 14.0. The molecule has 1 saturated carbocycles. The van der Waals surface area contributed by atoms with Gasteiger partial charge in [-0.15, -0.1) is 0 Å². The van der Waals surface area contributed by atoms with Crippen LogP contribution in [-0.4, -0.2) is 18.8 Å². The molecule has 1 aromatic carbocycles. The van der Waals surface area contributed by atoms with Gasteiger partial charge < -0.3 is 4.74 Å². The van der Waals surface area contributed by atoms with Crippen LogP contribution in [0.15, 0.2) is 18.2 Å². The Morgan fingerprint density at radius 2 is 2.14 bits per heavy atom. The summed E-state index contributed by atoms with van der Waals surface area (Å²) in [5.74, 6) is 6.16. The van der Waals surface area contributed by atoms with Crippen molar-refractivity contribution in [2.24, 2.45) is 11.8 Å². The molecule has 0 saturated heterocycles. The molecule has 0 bridgehead atoms. The van der Waals surface area contributed by atoms with Crippen LogP contribution in [0.2, 0.25) is 5.02 Å². The predicted octanol–water partition coefficient (Wildman–Crippen LogP) is 3.45. The lowest BCUT2D eigenvalue weighted by molar-refractivity contribution is -0.0747. The Hall–Kier alpha value is -0.680. The molecule has 0 amide bonds. The van der Waals surface area contributed by atoms with Crippen molar-refractivity contribution in [3.05, 3.63) is 34.6 Å². The van der Waals surface area contributed by atoms with Crippen LogP contribution in [0, 0.1) is 11.7 Å². The number of rotatable bonds is 5. The van der Waals surface area contributed by atoms with Gasteiger partial charge in [-0.25, -0.2) is 4.39 Å². The van der Waals surface area contributed by atoms with Crippen LogP contribution in [0.25, 0.3) is 0 Å². The van der Waals surface area contributed by atoms with Crippen molar-refractivity contribution >= 4 is 11.6 Å². The molecule has 1 aliphatic rings. The van der Waals surface area contributed by atoms with E-state index in [1.54, 1.807) is 19.2 Å². The summed E-state index contributed by atoms with van der Waals surface area (Å²) in [5, 5.41) is 0.436. The molecule has 1 aliphatic carbocycles. The Kier molecular flexibility index (Phi) is 5.60. The van der Waals surface area contributed by atoms with Gasteiger partial charge in [-0.05, 0) is 50.2 Å². The van der Waals surface area contributed by atoms with Gasteiger partial charge in [-0.3, -0.25) is 11.3 Å². The molecular weight excluding hydrogens is 291 g/mol. The number of halogens is 2. The van der Waals surface area contributed by atoms with Crippen LogP contribution in [0.3, 0.4) is 0 Å². The average molecular weight is 315 g/mol. The van der Waals surface area contributed by atoms with Crippen molar-refractivity contribution in [2.45, 2.75) is 50.7 Å². The third kappa shape index (κ3) is 3.57. The first-order chi connectivity index (χ1) is 10.0. The van der Waals surface area contributed by atoms with Gasteiger partial charge in [0.1, 0.15) is 5.82 Å². The van der Waals surface area contributed by atoms with Crippen molar-refractivity contribution in [2.75, 3.05) is 7.11 Å². The van der Waals surface area contributed by atoms with Gasteiger partial charge in [0.15, 0.2) is 0 Å². The van der Waals surface area contributed by atoms with Gasteiger partial charge in [0.25, 0.3) is 0 Å². The van der Waals surface area contributed by atoms with Crippen LogP contribution >= 0.6 is 11.6 Å². The van der Waals surface area contributed by atoms with Crippen molar-refractivity contribution in [1.29, 1.82) is 0 Å². The number of benzene rings is 1. The summed E-state index contributed by atoms with van der Waals surface area (Å²) in [6.07, 6.45) is 4.45. The molecule has 0 aliphatic heterocycles. The molecule has 21 heavy (non-hydrogen) atoms. The standard InChI is InChI=1S/C16H24ClFN2O/c1-11-6-8-16(21-2,9-7-11)15(20-19)10-12-13(17)4-3-5-14(12)18/h3-5,11,15,20H,6-10,19H2,1-2H3. The Labute approximate surface area is 131 Å². The summed E-state index contributed by atoms with van der Waals surface area (Å²) in [5.41, 5.74) is 2.97. The number of hydrogen-bond donors (Lipinski definition) is 2. The topological polar surface area (TPSA) is 47.3 Å². The zero-order valence-electron chi connectivity index (χ0n) is 12.7. The Morgan fingerprint density at radius 3 is 2.67 bits per heavy atom. The average Bonchev–Trinajstić information content (AvgIpc) is 2.49. The molecule has 0 spiro atoms. The van der Waals surface area contributed by atoms with E-state index in [-0.39, 0.29) is 17.5 Å². The van der Waals surface area contributed by atoms with Crippen molar-refractivity contribution < 1.29 is 9.13 Å². The number of hydrazine groups is 1. The van der Waals surface area contributed by atoms with E-state index in [4.69, 9.17) is 22.2 Å². The maximum Gasteiger partial charge on any atom is 0.127 e. The zero-order chi connectivity index (χ0) is 15.5. The first-order valence-corrected chi connectivity index (χ1v) is 7.84. The SMILES string of the molecule is COC1(C(Cc2c(F)cccc2Cl)NN)CCC(C)CC1. The first kappa shape index (κ1) is 16.7. The van der Waals surface area contributed by atoms with E-state index in [1.165, 1.54) is 6.07 Å². The molecule has 0 aromatic heterocycles. The molecule has 1 fully saturated rings. The fourth-order valence-electron chi connectivity index (χ4n) is 3.27. The Bertz CT molecular complexity index is 455. The van der Waals surface area contributed by atoms with Gasteiger partial charge in [-0.2, -0.15) is 0 Å². The van der Waals surface area contributed by atoms with Gasteiger partial charge in [0.05, 0.1) is 11.6 Å². The van der Waals surface area contributed by atoms with E-state index in [1.807, 2.05) is 0 Å². The smallest absolute Gasteiger partial charge is 0.127 e. The van der Waals surface area contributed by atoms with Crippen LogP contribution in [0.1, 0.15) is 38.2 Å². The minimum Gasteiger partial charge on any atom is -0.377 e. The van der Waals surface area contributed by atoms with E-state index in [9.17, 15) is 4.39 Å². The second-order valence-electron chi connectivity index (χ2n) is 6.08. The quantitative estimate of drug-likeness (QED) is 0.646. The van der Waals surface area contributed by atoms with Crippen LogP contribution < -0.4 is 11.3 Å². The highest BCUT2D eigenvalue weighted by atomic mass is 35.5. The van der Waals surface area contributed by atoms with Crippen LogP contribution in [0.4, 0.5) is 4.39 Å². The normalized spacial score (nSPS) is 27.6. The largest absolute Gasteiger partial charge is 0.377 e. The van der Waals surface area contributed by atoms with Crippen molar-refractivity contribution in [3.8, 4) is 0 Å². The van der Waals surface area contributed by atoms with Gasteiger partial charge >= 0.3 is 0 Å². The van der Waals surface area contributed by atoms with E-state index in [0.717, 1.165) is 25.7 Å². The number of hydrogen-bond acceptors (Lipinski definition) is 3. The van der Waals surface area contributed by atoms with Gasteiger partial charge in [0.2, 0.25) is 0 Å². The molecule has 0 heterocycles. The summed E-state index contributed by atoms with van der Waals surface area (Å²) in [4.78, 5) is 0. The maximum absolute atomic E-state index is 14.0. The first-order valence-electron chi connectivity index (χ1n) is 7.46. The molecule has 1 aromatic rings. The molecular formula is C16H24ClFN2O. The minimum atomic E-state index is -0.354. The Morgan fingerprint density at radius 1 is 1.48 bits per heavy atom. The number of nitrogens with one attached hydrogen (secondary N) is 1. The highest BCUT2D eigenvalue weighted by Crippen LogP contribution is 2.38. The molecule has 0 radical (unpaired) electrons.